The summed E-state index contributed by atoms with van der Waals surface area (Å²) in [5.74, 6) is -0.263. The maximum Gasteiger partial charge on any atom is 0.325 e. The van der Waals surface area contributed by atoms with Gasteiger partial charge in [0.25, 0.3) is 0 Å². The van der Waals surface area contributed by atoms with Crippen LogP contribution in [0.15, 0.2) is 30.3 Å². The molecule has 128 valence electrons. The van der Waals surface area contributed by atoms with Crippen LogP contribution in [0.1, 0.15) is 0 Å². The predicted octanol–water partition coefficient (Wildman–Crippen LogP) is -0.839. The molecule has 0 aliphatic carbocycles. The standard InChI is InChI=1S/C16H22N6O2/c1-20-13-12(14(23)19-16(20)24)17-15(18-13)22-9-7-21(8-10-22)11-5-3-2-4-6-11/h2-6,12-13,15,17-18H,7-10H2,1H3,(H,19,23,24). The minimum Gasteiger partial charge on any atom is -0.369 e. The van der Waals surface area contributed by atoms with Crippen molar-refractivity contribution in [3.8, 4) is 0 Å². The van der Waals surface area contributed by atoms with Gasteiger partial charge in [-0.15, -0.1) is 0 Å². The first-order valence-electron chi connectivity index (χ1n) is 8.27. The van der Waals surface area contributed by atoms with E-state index in [2.05, 4.69) is 50.0 Å². The first-order chi connectivity index (χ1) is 11.6. The van der Waals surface area contributed by atoms with Crippen LogP contribution in [0.3, 0.4) is 0 Å². The Morgan fingerprint density at radius 1 is 1.00 bits per heavy atom. The summed E-state index contributed by atoms with van der Waals surface area (Å²) in [6.45, 7) is 3.64. The maximum atomic E-state index is 12.0. The molecule has 0 aromatic heterocycles. The van der Waals surface area contributed by atoms with E-state index in [1.165, 1.54) is 5.69 Å². The third-order valence-corrected chi connectivity index (χ3v) is 5.03. The number of benzene rings is 1. The number of para-hydroxylation sites is 1. The summed E-state index contributed by atoms with van der Waals surface area (Å²) < 4.78 is 0. The van der Waals surface area contributed by atoms with E-state index in [4.69, 9.17) is 0 Å². The number of piperazine rings is 1. The summed E-state index contributed by atoms with van der Waals surface area (Å²) in [7, 11) is 1.70. The van der Waals surface area contributed by atoms with Crippen molar-refractivity contribution >= 4 is 17.6 Å². The van der Waals surface area contributed by atoms with Gasteiger partial charge in [-0.25, -0.2) is 4.79 Å². The molecule has 3 fully saturated rings. The molecule has 8 nitrogen and oxygen atoms in total. The van der Waals surface area contributed by atoms with Gasteiger partial charge >= 0.3 is 6.03 Å². The van der Waals surface area contributed by atoms with E-state index in [9.17, 15) is 9.59 Å². The Hall–Kier alpha value is -2.16. The van der Waals surface area contributed by atoms with Crippen molar-refractivity contribution in [2.75, 3.05) is 38.1 Å². The van der Waals surface area contributed by atoms with Crippen molar-refractivity contribution in [1.29, 1.82) is 0 Å². The second kappa shape index (κ2) is 6.04. The molecule has 0 radical (unpaired) electrons. The molecule has 3 aliphatic rings. The highest BCUT2D eigenvalue weighted by Crippen LogP contribution is 2.19. The molecule has 3 amide bonds. The van der Waals surface area contributed by atoms with Crippen LogP contribution in [0.2, 0.25) is 0 Å². The highest BCUT2D eigenvalue weighted by Gasteiger charge is 2.47. The van der Waals surface area contributed by atoms with Crippen LogP contribution in [0.25, 0.3) is 0 Å². The van der Waals surface area contributed by atoms with E-state index in [0.717, 1.165) is 26.2 Å². The van der Waals surface area contributed by atoms with Gasteiger partial charge in [-0.05, 0) is 12.1 Å². The van der Waals surface area contributed by atoms with Gasteiger partial charge in [0.05, 0.1) is 0 Å². The molecule has 24 heavy (non-hydrogen) atoms. The highest BCUT2D eigenvalue weighted by molar-refractivity contribution is 6.00. The van der Waals surface area contributed by atoms with Crippen LogP contribution in [0.5, 0.6) is 0 Å². The summed E-state index contributed by atoms with van der Waals surface area (Å²) in [4.78, 5) is 29.9. The quantitative estimate of drug-likeness (QED) is 0.656. The largest absolute Gasteiger partial charge is 0.369 e. The number of hydrogen-bond acceptors (Lipinski definition) is 6. The average Bonchev–Trinajstić information content (AvgIpc) is 3.07. The van der Waals surface area contributed by atoms with Crippen LogP contribution in [0.4, 0.5) is 10.5 Å². The fourth-order valence-electron chi connectivity index (χ4n) is 3.61. The summed E-state index contributed by atoms with van der Waals surface area (Å²) in [6.07, 6.45) is -0.402. The zero-order valence-electron chi connectivity index (χ0n) is 13.6. The average molecular weight is 330 g/mol. The van der Waals surface area contributed by atoms with Crippen molar-refractivity contribution in [3.05, 3.63) is 30.3 Å². The lowest BCUT2D eigenvalue weighted by Gasteiger charge is -2.39. The molecule has 0 spiro atoms. The maximum absolute atomic E-state index is 12.0. The molecule has 8 heteroatoms. The van der Waals surface area contributed by atoms with E-state index >= 15 is 0 Å². The zero-order chi connectivity index (χ0) is 16.7. The van der Waals surface area contributed by atoms with E-state index in [1.807, 2.05) is 6.07 Å². The number of fused-ring (bicyclic) bond motifs is 1. The van der Waals surface area contributed by atoms with Crippen molar-refractivity contribution in [2.24, 2.45) is 0 Å². The molecule has 1 aromatic carbocycles. The van der Waals surface area contributed by atoms with E-state index in [-0.39, 0.29) is 24.4 Å². The van der Waals surface area contributed by atoms with Crippen molar-refractivity contribution in [1.82, 2.24) is 25.8 Å². The van der Waals surface area contributed by atoms with Crippen LogP contribution in [0, 0.1) is 0 Å². The molecule has 3 atom stereocenters. The normalized spacial score (nSPS) is 31.1. The fourth-order valence-corrected chi connectivity index (χ4v) is 3.61. The van der Waals surface area contributed by atoms with Gasteiger partial charge in [0.2, 0.25) is 5.91 Å². The highest BCUT2D eigenvalue weighted by atomic mass is 16.2. The number of hydrogen-bond donors (Lipinski definition) is 3. The Labute approximate surface area is 140 Å². The van der Waals surface area contributed by atoms with Crippen LogP contribution in [-0.2, 0) is 4.79 Å². The summed E-state index contributed by atoms with van der Waals surface area (Å²) in [5.41, 5.74) is 1.24. The second-order valence-corrected chi connectivity index (χ2v) is 6.42. The zero-order valence-corrected chi connectivity index (χ0v) is 13.6. The van der Waals surface area contributed by atoms with Crippen molar-refractivity contribution in [2.45, 2.75) is 18.5 Å². The molecule has 3 N–H and O–H groups in total. The van der Waals surface area contributed by atoms with Crippen LogP contribution < -0.4 is 20.9 Å². The number of nitrogens with one attached hydrogen (secondary N) is 3. The van der Waals surface area contributed by atoms with Gasteiger partial charge < -0.3 is 9.80 Å². The Balaban J connectivity index is 1.39. The first kappa shape index (κ1) is 15.4. The molecule has 3 aliphatic heterocycles. The number of anilines is 1. The topological polar surface area (TPSA) is 80.0 Å². The molecular weight excluding hydrogens is 308 g/mol. The van der Waals surface area contributed by atoms with Gasteiger partial charge in [-0.1, -0.05) is 18.2 Å². The fraction of sp³-hybridized carbons (Fsp3) is 0.500. The Bertz CT molecular complexity index is 631. The van der Waals surface area contributed by atoms with Crippen LogP contribution >= 0.6 is 0 Å². The lowest BCUT2D eigenvalue weighted by Crippen LogP contribution is -2.64. The van der Waals surface area contributed by atoms with E-state index in [0.29, 0.717) is 0 Å². The van der Waals surface area contributed by atoms with Crippen LogP contribution in [-0.4, -0.2) is 73.5 Å². The number of carbonyl (C=O) groups is 2. The minimum atomic E-state index is -0.412. The van der Waals surface area contributed by atoms with E-state index in [1.54, 1.807) is 11.9 Å². The Morgan fingerprint density at radius 3 is 2.42 bits per heavy atom. The monoisotopic (exact) mass is 330 g/mol. The Morgan fingerprint density at radius 2 is 1.71 bits per heavy atom. The smallest absolute Gasteiger partial charge is 0.325 e. The minimum absolute atomic E-state index is 0.1000. The van der Waals surface area contributed by atoms with Gasteiger partial charge in [-0.2, -0.15) is 0 Å². The molecule has 3 saturated heterocycles. The van der Waals surface area contributed by atoms with Gasteiger partial charge in [0.15, 0.2) is 0 Å². The molecule has 3 heterocycles. The second-order valence-electron chi connectivity index (χ2n) is 6.42. The Kier molecular flexibility index (Phi) is 3.87. The third kappa shape index (κ3) is 2.62. The molecule has 0 bridgehead atoms. The van der Waals surface area contributed by atoms with Crippen molar-refractivity contribution < 1.29 is 9.59 Å². The predicted molar refractivity (Wildman–Crippen MR) is 89.2 cm³/mol. The molecule has 4 rings (SSSR count). The molecule has 3 unspecified atom stereocenters. The van der Waals surface area contributed by atoms with Gasteiger partial charge in [0, 0.05) is 38.9 Å². The lowest BCUT2D eigenvalue weighted by atomic mass is 10.2. The number of likely N-dealkylation sites (N-methyl/N-ethyl adjacent to an activating group) is 1. The third-order valence-electron chi connectivity index (χ3n) is 5.03. The number of nitrogens with zero attached hydrogens (tertiary/aromatic N) is 3. The number of imide groups is 1. The number of amides is 3. The van der Waals surface area contributed by atoms with Gasteiger partial charge in [-0.3, -0.25) is 25.6 Å². The molecule has 0 saturated carbocycles. The first-order valence-corrected chi connectivity index (χ1v) is 8.27. The SMILES string of the molecule is CN1C(=O)NC(=O)C2NC(N3CCN(c4ccccc4)CC3)NC21. The molecule has 1 aromatic rings. The number of urea groups is 1. The van der Waals surface area contributed by atoms with Crippen molar-refractivity contribution in [3.63, 3.8) is 0 Å². The summed E-state index contributed by atoms with van der Waals surface area (Å²) >= 11 is 0. The lowest BCUT2D eigenvalue weighted by molar-refractivity contribution is -0.124. The summed E-state index contributed by atoms with van der Waals surface area (Å²) in [6, 6.07) is 9.62. The van der Waals surface area contributed by atoms with Gasteiger partial charge in [0.1, 0.15) is 18.5 Å². The summed E-state index contributed by atoms with van der Waals surface area (Å²) in [5, 5.41) is 9.05. The number of carbonyl (C=O) groups excluding carboxylic acids is 2. The number of rotatable bonds is 2. The molecular formula is C16H22N6O2. The van der Waals surface area contributed by atoms with E-state index < -0.39 is 6.04 Å².